The molecule has 3 nitrogen and oxygen atoms in total. The number of fused-ring (bicyclic) bond motifs is 1. The van der Waals surface area contributed by atoms with Crippen LogP contribution >= 0.6 is 0 Å². The van der Waals surface area contributed by atoms with E-state index in [1.807, 2.05) is 25.7 Å². The minimum atomic E-state index is -0.305. The van der Waals surface area contributed by atoms with Crippen LogP contribution in [-0.2, 0) is 9.53 Å². The van der Waals surface area contributed by atoms with Crippen molar-refractivity contribution in [3.8, 4) is 0 Å². The van der Waals surface area contributed by atoms with Crippen LogP contribution < -0.4 is 0 Å². The predicted octanol–water partition coefficient (Wildman–Crippen LogP) is 1.13. The molecule has 2 heterocycles. The molecule has 2 fully saturated rings. The molecule has 0 aromatic heterocycles. The molecule has 0 saturated carbocycles. The van der Waals surface area contributed by atoms with Gasteiger partial charge in [-0.1, -0.05) is 0 Å². The smallest absolute Gasteiger partial charge is 0.225 e. The second kappa shape index (κ2) is 2.02. The third-order valence-electron chi connectivity index (χ3n) is 2.71. The lowest BCUT2D eigenvalue weighted by molar-refractivity contribution is -0.138. The molecule has 0 aromatic rings. The molecule has 0 bridgehead atoms. The van der Waals surface area contributed by atoms with Crippen molar-refractivity contribution in [3.05, 3.63) is 0 Å². The number of ether oxygens (including phenoxy) is 1. The van der Waals surface area contributed by atoms with E-state index in [0.717, 1.165) is 13.0 Å². The standard InChI is InChI=1S/C9H15NO2/c1-8(2)6-10-7(11)4-5-9(10,3)12-8/h4-6H2,1-3H3. The summed E-state index contributed by atoms with van der Waals surface area (Å²) in [7, 11) is 0. The zero-order chi connectivity index (χ0) is 8.98. The van der Waals surface area contributed by atoms with Gasteiger partial charge in [0.1, 0.15) is 5.72 Å². The minimum Gasteiger partial charge on any atom is -0.348 e. The Kier molecular flexibility index (Phi) is 1.35. The van der Waals surface area contributed by atoms with Crippen LogP contribution in [0.1, 0.15) is 33.6 Å². The summed E-state index contributed by atoms with van der Waals surface area (Å²) in [5.41, 5.74) is -0.467. The van der Waals surface area contributed by atoms with Crippen molar-refractivity contribution in [3.63, 3.8) is 0 Å². The topological polar surface area (TPSA) is 29.5 Å². The van der Waals surface area contributed by atoms with Crippen LogP contribution in [0.2, 0.25) is 0 Å². The van der Waals surface area contributed by atoms with Crippen LogP contribution in [0, 0.1) is 0 Å². The van der Waals surface area contributed by atoms with Crippen LogP contribution in [0.15, 0.2) is 0 Å². The molecule has 3 heteroatoms. The maximum Gasteiger partial charge on any atom is 0.225 e. The lowest BCUT2D eigenvalue weighted by Gasteiger charge is -2.26. The molecular formula is C9H15NO2. The molecule has 68 valence electrons. The molecule has 2 aliphatic heterocycles. The summed E-state index contributed by atoms with van der Waals surface area (Å²) < 4.78 is 5.84. The molecule has 2 saturated heterocycles. The van der Waals surface area contributed by atoms with E-state index in [9.17, 15) is 4.79 Å². The molecule has 0 N–H and O–H groups in total. The first-order valence-electron chi connectivity index (χ1n) is 4.44. The van der Waals surface area contributed by atoms with Gasteiger partial charge in [-0.25, -0.2) is 0 Å². The summed E-state index contributed by atoms with van der Waals surface area (Å²) in [5, 5.41) is 0. The maximum absolute atomic E-state index is 11.4. The molecule has 12 heavy (non-hydrogen) atoms. The lowest BCUT2D eigenvalue weighted by Crippen LogP contribution is -2.38. The Labute approximate surface area is 72.7 Å². The van der Waals surface area contributed by atoms with E-state index in [0.29, 0.717) is 6.42 Å². The molecule has 1 unspecified atom stereocenters. The second-order valence-electron chi connectivity index (χ2n) is 4.52. The SMILES string of the molecule is CC1(C)CN2C(=O)CCC2(C)O1. The molecule has 0 radical (unpaired) electrons. The van der Waals surface area contributed by atoms with Crippen molar-refractivity contribution in [1.82, 2.24) is 4.90 Å². The average Bonchev–Trinajstić information content (AvgIpc) is 2.28. The molecule has 2 rings (SSSR count). The molecule has 2 aliphatic rings. The van der Waals surface area contributed by atoms with Gasteiger partial charge in [-0.05, 0) is 20.8 Å². The Morgan fingerprint density at radius 2 is 2.08 bits per heavy atom. The van der Waals surface area contributed by atoms with Crippen molar-refractivity contribution >= 4 is 5.91 Å². The van der Waals surface area contributed by atoms with Crippen molar-refractivity contribution < 1.29 is 9.53 Å². The number of hydrogen-bond donors (Lipinski definition) is 0. The maximum atomic E-state index is 11.4. The first-order chi connectivity index (χ1) is 5.43. The fraction of sp³-hybridized carbons (Fsp3) is 0.889. The van der Waals surface area contributed by atoms with Gasteiger partial charge in [0.2, 0.25) is 5.91 Å². The summed E-state index contributed by atoms with van der Waals surface area (Å²) in [6.07, 6.45) is 1.49. The monoisotopic (exact) mass is 169 g/mol. The molecule has 1 amide bonds. The first kappa shape index (κ1) is 8.05. The Bertz CT molecular complexity index is 237. The highest BCUT2D eigenvalue weighted by Gasteiger charge is 2.52. The number of carbonyl (C=O) groups excluding carboxylic acids is 1. The van der Waals surface area contributed by atoms with Crippen molar-refractivity contribution in [2.45, 2.75) is 44.9 Å². The van der Waals surface area contributed by atoms with Gasteiger partial charge in [0.05, 0.1) is 12.1 Å². The summed E-state index contributed by atoms with van der Waals surface area (Å²) in [4.78, 5) is 13.3. The summed E-state index contributed by atoms with van der Waals surface area (Å²) in [6, 6.07) is 0. The largest absolute Gasteiger partial charge is 0.348 e. The zero-order valence-corrected chi connectivity index (χ0v) is 7.89. The minimum absolute atomic E-state index is 0.162. The highest BCUT2D eigenvalue weighted by atomic mass is 16.6. The average molecular weight is 169 g/mol. The number of hydrogen-bond acceptors (Lipinski definition) is 2. The van der Waals surface area contributed by atoms with E-state index in [-0.39, 0.29) is 17.2 Å². The van der Waals surface area contributed by atoms with Gasteiger partial charge < -0.3 is 9.64 Å². The van der Waals surface area contributed by atoms with Gasteiger partial charge in [-0.15, -0.1) is 0 Å². The van der Waals surface area contributed by atoms with Crippen LogP contribution in [-0.4, -0.2) is 28.7 Å². The van der Waals surface area contributed by atoms with E-state index >= 15 is 0 Å². The summed E-state index contributed by atoms with van der Waals surface area (Å²) in [5.74, 6) is 0.239. The molecule has 0 aliphatic carbocycles. The number of rotatable bonds is 0. The van der Waals surface area contributed by atoms with E-state index in [4.69, 9.17) is 4.74 Å². The van der Waals surface area contributed by atoms with Gasteiger partial charge in [0.15, 0.2) is 0 Å². The van der Waals surface area contributed by atoms with Crippen LogP contribution in [0.4, 0.5) is 0 Å². The van der Waals surface area contributed by atoms with E-state index in [1.54, 1.807) is 0 Å². The predicted molar refractivity (Wildman–Crippen MR) is 44.5 cm³/mol. The van der Waals surface area contributed by atoms with Gasteiger partial charge in [0.25, 0.3) is 0 Å². The first-order valence-corrected chi connectivity index (χ1v) is 4.44. The highest BCUT2D eigenvalue weighted by Crippen LogP contribution is 2.41. The Morgan fingerprint density at radius 3 is 2.67 bits per heavy atom. The zero-order valence-electron chi connectivity index (χ0n) is 7.89. The Balaban J connectivity index is 2.28. The third-order valence-corrected chi connectivity index (χ3v) is 2.71. The van der Waals surface area contributed by atoms with Gasteiger partial charge in [-0.3, -0.25) is 4.79 Å². The molecular weight excluding hydrogens is 154 g/mol. The van der Waals surface area contributed by atoms with E-state index in [1.165, 1.54) is 0 Å². The summed E-state index contributed by atoms with van der Waals surface area (Å²) in [6.45, 7) is 6.81. The van der Waals surface area contributed by atoms with Gasteiger partial charge in [-0.2, -0.15) is 0 Å². The van der Waals surface area contributed by atoms with Crippen LogP contribution in [0.3, 0.4) is 0 Å². The third kappa shape index (κ3) is 0.959. The second-order valence-corrected chi connectivity index (χ2v) is 4.52. The van der Waals surface area contributed by atoms with Crippen molar-refractivity contribution in [2.75, 3.05) is 6.54 Å². The van der Waals surface area contributed by atoms with Crippen LogP contribution in [0.5, 0.6) is 0 Å². The Morgan fingerprint density at radius 1 is 1.42 bits per heavy atom. The molecule has 0 aromatic carbocycles. The molecule has 0 spiro atoms. The summed E-state index contributed by atoms with van der Waals surface area (Å²) >= 11 is 0. The van der Waals surface area contributed by atoms with Gasteiger partial charge in [0, 0.05) is 12.8 Å². The van der Waals surface area contributed by atoms with E-state index in [2.05, 4.69) is 0 Å². The highest BCUT2D eigenvalue weighted by molar-refractivity contribution is 5.79. The number of nitrogens with zero attached hydrogens (tertiary/aromatic N) is 1. The Hall–Kier alpha value is -0.570. The van der Waals surface area contributed by atoms with Crippen molar-refractivity contribution in [1.29, 1.82) is 0 Å². The van der Waals surface area contributed by atoms with Gasteiger partial charge >= 0.3 is 0 Å². The molecule has 1 atom stereocenters. The number of amides is 1. The fourth-order valence-electron chi connectivity index (χ4n) is 2.24. The number of carbonyl (C=O) groups is 1. The lowest BCUT2D eigenvalue weighted by atomic mass is 10.1. The quantitative estimate of drug-likeness (QED) is 0.544. The van der Waals surface area contributed by atoms with E-state index < -0.39 is 0 Å². The van der Waals surface area contributed by atoms with Crippen molar-refractivity contribution in [2.24, 2.45) is 0 Å². The van der Waals surface area contributed by atoms with Crippen LogP contribution in [0.25, 0.3) is 0 Å². The normalized spacial score (nSPS) is 38.9. The fourth-order valence-corrected chi connectivity index (χ4v) is 2.24.